The number of aromatic nitrogens is 3. The predicted molar refractivity (Wildman–Crippen MR) is 60.1 cm³/mol. The van der Waals surface area contributed by atoms with Gasteiger partial charge in [0, 0.05) is 0 Å². The molecule has 4 heteroatoms. The van der Waals surface area contributed by atoms with E-state index in [4.69, 9.17) is 5.26 Å². The highest BCUT2D eigenvalue weighted by molar-refractivity contribution is 5.36. The molecule has 0 aliphatic carbocycles. The lowest BCUT2D eigenvalue weighted by molar-refractivity contribution is 0.745. The maximum atomic E-state index is 8.94. The van der Waals surface area contributed by atoms with Crippen LogP contribution in [0.2, 0.25) is 0 Å². The van der Waals surface area contributed by atoms with Crippen LogP contribution in [0.5, 0.6) is 0 Å². The van der Waals surface area contributed by atoms with E-state index < -0.39 is 0 Å². The fourth-order valence-electron chi connectivity index (χ4n) is 1.63. The molecule has 0 radical (unpaired) electrons. The largest absolute Gasteiger partial charge is 0.216 e. The van der Waals surface area contributed by atoms with Crippen molar-refractivity contribution in [1.82, 2.24) is 15.0 Å². The molecule has 0 bridgehead atoms. The summed E-state index contributed by atoms with van der Waals surface area (Å²) in [5.74, 6) is 0. The van der Waals surface area contributed by atoms with Gasteiger partial charge in [0.1, 0.15) is 6.07 Å². The fourth-order valence-corrected chi connectivity index (χ4v) is 1.63. The average molecular weight is 212 g/mol. The van der Waals surface area contributed by atoms with E-state index in [1.54, 1.807) is 4.68 Å². The van der Waals surface area contributed by atoms with Gasteiger partial charge in [0.15, 0.2) is 5.69 Å². The molecule has 0 unspecified atom stereocenters. The summed E-state index contributed by atoms with van der Waals surface area (Å²) in [6.07, 6.45) is 1.78. The number of rotatable bonds is 3. The number of para-hydroxylation sites is 1. The fraction of sp³-hybridized carbons (Fsp3) is 0.250. The number of hydrogen-bond donors (Lipinski definition) is 0. The van der Waals surface area contributed by atoms with Crippen LogP contribution in [-0.2, 0) is 6.42 Å². The third-order valence-electron chi connectivity index (χ3n) is 2.36. The maximum Gasteiger partial charge on any atom is 0.186 e. The van der Waals surface area contributed by atoms with Crippen LogP contribution < -0.4 is 0 Å². The van der Waals surface area contributed by atoms with Gasteiger partial charge in [0.25, 0.3) is 0 Å². The molecule has 0 fully saturated rings. The van der Waals surface area contributed by atoms with Gasteiger partial charge in [-0.25, -0.2) is 4.68 Å². The normalized spacial score (nSPS) is 10.0. The molecule has 0 saturated carbocycles. The van der Waals surface area contributed by atoms with Crippen molar-refractivity contribution in [3.63, 3.8) is 0 Å². The van der Waals surface area contributed by atoms with Crippen LogP contribution in [0.4, 0.5) is 0 Å². The average Bonchev–Trinajstić information content (AvgIpc) is 2.74. The second-order valence-corrected chi connectivity index (χ2v) is 3.49. The van der Waals surface area contributed by atoms with E-state index >= 15 is 0 Å². The molecular weight excluding hydrogens is 200 g/mol. The van der Waals surface area contributed by atoms with Crippen molar-refractivity contribution < 1.29 is 0 Å². The van der Waals surface area contributed by atoms with Crippen molar-refractivity contribution >= 4 is 0 Å². The first-order valence-corrected chi connectivity index (χ1v) is 5.27. The van der Waals surface area contributed by atoms with Crippen molar-refractivity contribution in [2.75, 3.05) is 0 Å². The zero-order valence-electron chi connectivity index (χ0n) is 9.09. The first kappa shape index (κ1) is 10.4. The Morgan fingerprint density at radius 2 is 2.06 bits per heavy atom. The Hall–Kier alpha value is -2.15. The first-order chi connectivity index (χ1) is 7.86. The second kappa shape index (κ2) is 4.58. The highest BCUT2D eigenvalue weighted by Crippen LogP contribution is 2.13. The minimum atomic E-state index is 0.422. The highest BCUT2D eigenvalue weighted by atomic mass is 15.4. The summed E-state index contributed by atoms with van der Waals surface area (Å²) < 4.78 is 1.74. The Labute approximate surface area is 94.1 Å². The van der Waals surface area contributed by atoms with Crippen molar-refractivity contribution in [3.05, 3.63) is 41.7 Å². The lowest BCUT2D eigenvalue weighted by Crippen LogP contribution is -2.02. The monoisotopic (exact) mass is 212 g/mol. The van der Waals surface area contributed by atoms with Gasteiger partial charge in [-0.2, -0.15) is 5.26 Å². The Morgan fingerprint density at radius 1 is 1.31 bits per heavy atom. The van der Waals surface area contributed by atoms with Gasteiger partial charge in [-0.1, -0.05) is 36.8 Å². The Morgan fingerprint density at radius 3 is 2.69 bits per heavy atom. The van der Waals surface area contributed by atoms with E-state index in [1.807, 2.05) is 30.3 Å². The van der Waals surface area contributed by atoms with Gasteiger partial charge in [-0.15, -0.1) is 5.10 Å². The van der Waals surface area contributed by atoms with Crippen LogP contribution in [0.15, 0.2) is 30.3 Å². The van der Waals surface area contributed by atoms with Crippen molar-refractivity contribution in [2.45, 2.75) is 19.8 Å². The van der Waals surface area contributed by atoms with Crippen molar-refractivity contribution in [3.8, 4) is 11.8 Å². The topological polar surface area (TPSA) is 54.5 Å². The molecule has 2 rings (SSSR count). The van der Waals surface area contributed by atoms with Crippen LogP contribution in [0, 0.1) is 11.3 Å². The summed E-state index contributed by atoms with van der Waals surface area (Å²) in [5, 5.41) is 16.8. The lowest BCUT2D eigenvalue weighted by Gasteiger charge is -2.04. The third-order valence-corrected chi connectivity index (χ3v) is 2.36. The zero-order chi connectivity index (χ0) is 11.4. The molecule has 0 atom stereocenters. The molecular formula is C12H12N4. The summed E-state index contributed by atoms with van der Waals surface area (Å²) in [5.41, 5.74) is 2.25. The van der Waals surface area contributed by atoms with Crippen molar-refractivity contribution in [2.24, 2.45) is 0 Å². The van der Waals surface area contributed by atoms with Gasteiger partial charge in [-0.3, -0.25) is 0 Å². The number of benzene rings is 1. The zero-order valence-corrected chi connectivity index (χ0v) is 9.09. The minimum Gasteiger partial charge on any atom is -0.216 e. The van der Waals surface area contributed by atoms with Gasteiger partial charge in [-0.05, 0) is 18.6 Å². The third kappa shape index (κ3) is 1.80. The van der Waals surface area contributed by atoms with E-state index in [-0.39, 0.29) is 0 Å². The first-order valence-electron chi connectivity index (χ1n) is 5.27. The number of nitriles is 1. The van der Waals surface area contributed by atoms with E-state index in [9.17, 15) is 0 Å². The van der Waals surface area contributed by atoms with Crippen LogP contribution >= 0.6 is 0 Å². The van der Waals surface area contributed by atoms with Gasteiger partial charge < -0.3 is 0 Å². The van der Waals surface area contributed by atoms with Gasteiger partial charge in [0.05, 0.1) is 11.4 Å². The minimum absolute atomic E-state index is 0.422. The molecule has 0 amide bonds. The van der Waals surface area contributed by atoms with E-state index in [0.29, 0.717) is 5.69 Å². The summed E-state index contributed by atoms with van der Waals surface area (Å²) in [6.45, 7) is 2.07. The summed E-state index contributed by atoms with van der Waals surface area (Å²) in [6, 6.07) is 11.8. The Bertz CT molecular complexity index is 508. The Kier molecular flexibility index (Phi) is 2.97. The maximum absolute atomic E-state index is 8.94. The molecule has 0 aliphatic heterocycles. The van der Waals surface area contributed by atoms with Crippen molar-refractivity contribution in [1.29, 1.82) is 5.26 Å². The molecule has 16 heavy (non-hydrogen) atoms. The van der Waals surface area contributed by atoms with Crippen LogP contribution in [-0.4, -0.2) is 15.0 Å². The molecule has 0 aliphatic rings. The SMILES string of the molecule is CCCc1c(C#N)nnn1-c1ccccc1. The lowest BCUT2D eigenvalue weighted by atomic mass is 10.2. The highest BCUT2D eigenvalue weighted by Gasteiger charge is 2.12. The number of nitrogens with zero attached hydrogens (tertiary/aromatic N) is 4. The molecule has 2 aromatic rings. The van der Waals surface area contributed by atoms with E-state index in [0.717, 1.165) is 24.2 Å². The molecule has 0 N–H and O–H groups in total. The van der Waals surface area contributed by atoms with Gasteiger partial charge >= 0.3 is 0 Å². The molecule has 1 heterocycles. The molecule has 80 valence electrons. The van der Waals surface area contributed by atoms with Crippen LogP contribution in [0.3, 0.4) is 0 Å². The molecule has 1 aromatic heterocycles. The predicted octanol–water partition coefficient (Wildman–Crippen LogP) is 2.09. The molecule has 0 saturated heterocycles. The van der Waals surface area contributed by atoms with E-state index in [1.165, 1.54) is 0 Å². The van der Waals surface area contributed by atoms with Crippen LogP contribution in [0.1, 0.15) is 24.7 Å². The smallest absolute Gasteiger partial charge is 0.186 e. The number of hydrogen-bond acceptors (Lipinski definition) is 3. The molecule has 0 spiro atoms. The second-order valence-electron chi connectivity index (χ2n) is 3.49. The quantitative estimate of drug-likeness (QED) is 0.782. The van der Waals surface area contributed by atoms with Gasteiger partial charge in [0.2, 0.25) is 0 Å². The standard InChI is InChI=1S/C12H12N4/c1-2-6-12-11(9-13)14-15-16(12)10-7-4-3-5-8-10/h3-5,7-8H,2,6H2,1H3. The summed E-state index contributed by atoms with van der Waals surface area (Å²) >= 11 is 0. The molecule has 1 aromatic carbocycles. The summed E-state index contributed by atoms with van der Waals surface area (Å²) in [7, 11) is 0. The van der Waals surface area contributed by atoms with E-state index in [2.05, 4.69) is 23.3 Å². The Balaban J connectivity index is 2.50. The summed E-state index contributed by atoms with van der Waals surface area (Å²) in [4.78, 5) is 0. The molecule has 4 nitrogen and oxygen atoms in total. The van der Waals surface area contributed by atoms with Crippen LogP contribution in [0.25, 0.3) is 5.69 Å².